The van der Waals surface area contributed by atoms with Crippen molar-refractivity contribution in [1.82, 2.24) is 0 Å². The molecule has 0 saturated heterocycles. The van der Waals surface area contributed by atoms with Gasteiger partial charge >= 0.3 is 0 Å². The van der Waals surface area contributed by atoms with Gasteiger partial charge in [-0.25, -0.2) is 4.39 Å². The van der Waals surface area contributed by atoms with Crippen molar-refractivity contribution >= 4 is 46.4 Å². The summed E-state index contributed by atoms with van der Waals surface area (Å²) in [5.41, 5.74) is 0.493. The summed E-state index contributed by atoms with van der Waals surface area (Å²) in [4.78, 5) is 12.0. The molecule has 0 fully saturated rings. The molecular weight excluding hydrogens is 312 g/mol. The summed E-state index contributed by atoms with van der Waals surface area (Å²) < 4.78 is 13.3. The molecule has 2 rings (SSSR count). The molecule has 0 aliphatic heterocycles. The molecule has 0 unspecified atom stereocenters. The van der Waals surface area contributed by atoms with Gasteiger partial charge in [0.1, 0.15) is 5.82 Å². The molecule has 0 atom stereocenters. The van der Waals surface area contributed by atoms with E-state index >= 15 is 0 Å². The molecule has 1 amide bonds. The van der Waals surface area contributed by atoms with Gasteiger partial charge in [-0.2, -0.15) is 0 Å². The van der Waals surface area contributed by atoms with Crippen LogP contribution in [0.2, 0.25) is 15.1 Å². The van der Waals surface area contributed by atoms with Crippen LogP contribution in [0.1, 0.15) is 10.4 Å². The summed E-state index contributed by atoms with van der Waals surface area (Å²) >= 11 is 17.2. The first-order valence-corrected chi connectivity index (χ1v) is 6.32. The van der Waals surface area contributed by atoms with Crippen molar-refractivity contribution in [3.63, 3.8) is 0 Å². The van der Waals surface area contributed by atoms with Crippen molar-refractivity contribution in [2.75, 3.05) is 5.32 Å². The van der Waals surface area contributed by atoms with E-state index in [2.05, 4.69) is 5.32 Å². The molecule has 6 heteroatoms. The van der Waals surface area contributed by atoms with Crippen LogP contribution < -0.4 is 5.32 Å². The van der Waals surface area contributed by atoms with E-state index in [4.69, 9.17) is 34.8 Å². The van der Waals surface area contributed by atoms with Gasteiger partial charge in [0, 0.05) is 10.7 Å². The minimum absolute atomic E-state index is 0.00328. The predicted molar refractivity (Wildman–Crippen MR) is 75.8 cm³/mol. The summed E-state index contributed by atoms with van der Waals surface area (Å²) in [7, 11) is 0. The van der Waals surface area contributed by atoms with Gasteiger partial charge in [-0.1, -0.05) is 40.9 Å². The highest BCUT2D eigenvalue weighted by atomic mass is 35.5. The van der Waals surface area contributed by atoms with Gasteiger partial charge in [0.05, 0.1) is 15.6 Å². The first-order chi connectivity index (χ1) is 8.97. The molecule has 1 N–H and O–H groups in total. The third kappa shape index (κ3) is 3.38. The maximum absolute atomic E-state index is 13.3. The quantitative estimate of drug-likeness (QED) is 0.772. The second-order valence-electron chi connectivity index (χ2n) is 3.71. The molecule has 19 heavy (non-hydrogen) atoms. The van der Waals surface area contributed by atoms with Gasteiger partial charge in [0.25, 0.3) is 5.91 Å². The van der Waals surface area contributed by atoms with Crippen LogP contribution in [0.4, 0.5) is 10.1 Å². The minimum Gasteiger partial charge on any atom is -0.322 e. The number of amides is 1. The molecule has 2 aromatic carbocycles. The van der Waals surface area contributed by atoms with Gasteiger partial charge in [-0.3, -0.25) is 4.79 Å². The largest absolute Gasteiger partial charge is 0.322 e. The fraction of sp³-hybridized carbons (Fsp3) is 0. The number of halogens is 4. The third-order valence-electron chi connectivity index (χ3n) is 2.34. The standard InChI is InChI=1S/C13H7Cl3FNO/c14-7-2-1-3-8(4-7)18-13(19)9-5-12(17)11(16)6-10(9)15/h1-6H,(H,18,19). The molecule has 0 bridgehead atoms. The second kappa shape index (κ2) is 5.78. The number of carbonyl (C=O) groups is 1. The van der Waals surface area contributed by atoms with Crippen LogP contribution in [0.15, 0.2) is 36.4 Å². The normalized spacial score (nSPS) is 10.3. The number of carbonyl (C=O) groups excluding carboxylic acids is 1. The Bertz CT molecular complexity index is 646. The number of nitrogens with one attached hydrogen (secondary N) is 1. The molecule has 0 aliphatic rings. The Morgan fingerprint density at radius 1 is 1.05 bits per heavy atom. The fourth-order valence-electron chi connectivity index (χ4n) is 1.46. The molecule has 0 saturated carbocycles. The molecule has 0 spiro atoms. The van der Waals surface area contributed by atoms with E-state index in [1.54, 1.807) is 24.3 Å². The SMILES string of the molecule is O=C(Nc1cccc(Cl)c1)c1cc(F)c(Cl)cc1Cl. The summed E-state index contributed by atoms with van der Waals surface area (Å²) in [5, 5.41) is 2.99. The lowest BCUT2D eigenvalue weighted by Crippen LogP contribution is -2.12. The number of anilines is 1. The Labute approximate surface area is 124 Å². The van der Waals surface area contributed by atoms with E-state index in [1.807, 2.05) is 0 Å². The fourth-order valence-corrected chi connectivity index (χ4v) is 2.12. The molecule has 2 nitrogen and oxygen atoms in total. The highest BCUT2D eigenvalue weighted by molar-refractivity contribution is 6.37. The molecule has 0 heterocycles. The highest BCUT2D eigenvalue weighted by Gasteiger charge is 2.14. The van der Waals surface area contributed by atoms with E-state index < -0.39 is 11.7 Å². The van der Waals surface area contributed by atoms with Crippen molar-refractivity contribution in [3.8, 4) is 0 Å². The smallest absolute Gasteiger partial charge is 0.257 e. The molecular formula is C13H7Cl3FNO. The Hall–Kier alpha value is -1.29. The zero-order valence-electron chi connectivity index (χ0n) is 9.38. The zero-order valence-corrected chi connectivity index (χ0v) is 11.7. The number of rotatable bonds is 2. The average Bonchev–Trinajstić information content (AvgIpc) is 2.33. The van der Waals surface area contributed by atoms with Crippen molar-refractivity contribution in [2.45, 2.75) is 0 Å². The van der Waals surface area contributed by atoms with Crippen LogP contribution in [0.5, 0.6) is 0 Å². The maximum Gasteiger partial charge on any atom is 0.257 e. The highest BCUT2D eigenvalue weighted by Crippen LogP contribution is 2.25. The summed E-state index contributed by atoms with van der Waals surface area (Å²) in [6.07, 6.45) is 0. The van der Waals surface area contributed by atoms with Gasteiger partial charge in [0.2, 0.25) is 0 Å². The Kier molecular flexibility index (Phi) is 4.30. The molecule has 2 aromatic rings. The third-order valence-corrected chi connectivity index (χ3v) is 3.17. The lowest BCUT2D eigenvalue weighted by Gasteiger charge is -2.08. The molecule has 0 aliphatic carbocycles. The molecule has 0 radical (unpaired) electrons. The Balaban J connectivity index is 2.28. The van der Waals surface area contributed by atoms with Crippen molar-refractivity contribution in [1.29, 1.82) is 0 Å². The van der Waals surface area contributed by atoms with Crippen LogP contribution in [0, 0.1) is 5.82 Å². The summed E-state index contributed by atoms with van der Waals surface area (Å²) in [6.45, 7) is 0. The van der Waals surface area contributed by atoms with Crippen LogP contribution in [0.3, 0.4) is 0 Å². The zero-order chi connectivity index (χ0) is 14.0. The van der Waals surface area contributed by atoms with Gasteiger partial charge in [-0.05, 0) is 30.3 Å². The Morgan fingerprint density at radius 2 is 1.79 bits per heavy atom. The lowest BCUT2D eigenvalue weighted by atomic mass is 10.2. The van der Waals surface area contributed by atoms with Gasteiger partial charge < -0.3 is 5.32 Å². The maximum atomic E-state index is 13.3. The predicted octanol–water partition coefficient (Wildman–Crippen LogP) is 5.04. The van der Waals surface area contributed by atoms with Crippen LogP contribution in [-0.4, -0.2) is 5.91 Å². The lowest BCUT2D eigenvalue weighted by molar-refractivity contribution is 0.102. The van der Waals surface area contributed by atoms with Crippen LogP contribution >= 0.6 is 34.8 Å². The minimum atomic E-state index is -0.706. The first-order valence-electron chi connectivity index (χ1n) is 5.19. The number of hydrogen-bond acceptors (Lipinski definition) is 1. The topological polar surface area (TPSA) is 29.1 Å². The first kappa shape index (κ1) is 14.1. The van der Waals surface area contributed by atoms with Crippen LogP contribution in [0.25, 0.3) is 0 Å². The molecule has 0 aromatic heterocycles. The van der Waals surface area contributed by atoms with Gasteiger partial charge in [0.15, 0.2) is 0 Å². The van der Waals surface area contributed by atoms with E-state index in [9.17, 15) is 9.18 Å². The number of benzene rings is 2. The van der Waals surface area contributed by atoms with Gasteiger partial charge in [-0.15, -0.1) is 0 Å². The van der Waals surface area contributed by atoms with Crippen LogP contribution in [-0.2, 0) is 0 Å². The van der Waals surface area contributed by atoms with E-state index in [0.29, 0.717) is 10.7 Å². The summed E-state index contributed by atoms with van der Waals surface area (Å²) in [5.74, 6) is -1.25. The summed E-state index contributed by atoms with van der Waals surface area (Å²) in [6, 6.07) is 8.76. The second-order valence-corrected chi connectivity index (χ2v) is 4.96. The Morgan fingerprint density at radius 3 is 2.47 bits per heavy atom. The molecule has 98 valence electrons. The van der Waals surface area contributed by atoms with E-state index in [1.165, 1.54) is 6.07 Å². The van der Waals surface area contributed by atoms with Crippen molar-refractivity contribution < 1.29 is 9.18 Å². The number of hydrogen-bond donors (Lipinski definition) is 1. The van der Waals surface area contributed by atoms with E-state index in [-0.39, 0.29) is 15.6 Å². The average molecular weight is 319 g/mol. The van der Waals surface area contributed by atoms with Crippen molar-refractivity contribution in [2.24, 2.45) is 0 Å². The van der Waals surface area contributed by atoms with E-state index in [0.717, 1.165) is 6.07 Å². The van der Waals surface area contributed by atoms with Crippen molar-refractivity contribution in [3.05, 3.63) is 62.8 Å². The monoisotopic (exact) mass is 317 g/mol.